The van der Waals surface area contributed by atoms with E-state index < -0.39 is 11.8 Å². The van der Waals surface area contributed by atoms with Gasteiger partial charge in [-0.1, -0.05) is 12.1 Å². The average Bonchev–Trinajstić information content (AvgIpc) is 2.90. The Morgan fingerprint density at radius 1 is 1.05 bits per heavy atom. The molecule has 1 unspecified atom stereocenters. The van der Waals surface area contributed by atoms with Gasteiger partial charge in [-0.15, -0.1) is 0 Å². The summed E-state index contributed by atoms with van der Waals surface area (Å²) < 4.78 is 49.2. The third kappa shape index (κ3) is 2.19. The first-order valence-electron chi connectivity index (χ1n) is 5.36. The molecule has 6 heteroatoms. The van der Waals surface area contributed by atoms with Crippen molar-refractivity contribution in [3.63, 3.8) is 0 Å². The second kappa shape index (κ2) is 4.62. The normalized spacial score (nSPS) is 15.0. The Labute approximate surface area is 107 Å². The lowest BCUT2D eigenvalue weighted by Gasteiger charge is -2.30. The maximum atomic E-state index is 13.2. The lowest BCUT2D eigenvalue weighted by molar-refractivity contribution is -0.248. The zero-order valence-corrected chi connectivity index (χ0v) is 9.94. The molecule has 0 bridgehead atoms. The standard InChI is InChI=1S/C13H11F3O3/c1-18-11-4-2-9(3-5-11)12(17,13(14,15)16)10-6-7-19-8-10/h2-8,17H,1H3. The van der Waals surface area contributed by atoms with Gasteiger partial charge in [-0.05, 0) is 23.8 Å². The van der Waals surface area contributed by atoms with Gasteiger partial charge in [0.1, 0.15) is 5.75 Å². The van der Waals surface area contributed by atoms with E-state index in [1.54, 1.807) is 0 Å². The Morgan fingerprint density at radius 2 is 1.68 bits per heavy atom. The van der Waals surface area contributed by atoms with Gasteiger partial charge in [0, 0.05) is 5.56 Å². The van der Waals surface area contributed by atoms with E-state index in [2.05, 4.69) is 4.42 Å². The molecule has 1 heterocycles. The lowest BCUT2D eigenvalue weighted by atomic mass is 9.87. The van der Waals surface area contributed by atoms with Crippen LogP contribution < -0.4 is 4.74 Å². The van der Waals surface area contributed by atoms with E-state index in [1.165, 1.54) is 31.4 Å². The minimum Gasteiger partial charge on any atom is -0.497 e. The number of furan rings is 1. The minimum absolute atomic E-state index is 0.304. The van der Waals surface area contributed by atoms with Crippen LogP contribution in [0.2, 0.25) is 0 Å². The van der Waals surface area contributed by atoms with Crippen molar-refractivity contribution in [2.75, 3.05) is 7.11 Å². The molecule has 3 nitrogen and oxygen atoms in total. The molecule has 1 aromatic heterocycles. The number of hydrogen-bond acceptors (Lipinski definition) is 3. The van der Waals surface area contributed by atoms with Crippen LogP contribution in [0.15, 0.2) is 47.3 Å². The molecule has 2 rings (SSSR count). The van der Waals surface area contributed by atoms with E-state index in [-0.39, 0.29) is 11.1 Å². The fourth-order valence-corrected chi connectivity index (χ4v) is 1.80. The van der Waals surface area contributed by atoms with Crippen molar-refractivity contribution in [3.8, 4) is 5.75 Å². The summed E-state index contributed by atoms with van der Waals surface area (Å²) in [7, 11) is 1.40. The van der Waals surface area contributed by atoms with E-state index in [0.717, 1.165) is 18.6 Å². The minimum atomic E-state index is -4.87. The van der Waals surface area contributed by atoms with E-state index in [4.69, 9.17) is 4.74 Å². The number of hydrogen-bond donors (Lipinski definition) is 1. The van der Waals surface area contributed by atoms with Crippen LogP contribution in [0.1, 0.15) is 11.1 Å². The highest BCUT2D eigenvalue weighted by molar-refractivity contribution is 5.39. The lowest BCUT2D eigenvalue weighted by Crippen LogP contribution is -2.43. The molecule has 1 atom stereocenters. The van der Waals surface area contributed by atoms with Crippen LogP contribution in [0.4, 0.5) is 13.2 Å². The topological polar surface area (TPSA) is 42.6 Å². The molecule has 0 aliphatic heterocycles. The van der Waals surface area contributed by atoms with Gasteiger partial charge in [0.15, 0.2) is 0 Å². The SMILES string of the molecule is COc1ccc(C(O)(c2ccoc2)C(F)(F)F)cc1. The summed E-state index contributed by atoms with van der Waals surface area (Å²) in [5.74, 6) is 0.403. The highest BCUT2D eigenvalue weighted by atomic mass is 19.4. The van der Waals surface area contributed by atoms with Crippen molar-refractivity contribution in [3.05, 3.63) is 54.0 Å². The first kappa shape index (κ1) is 13.5. The Balaban J connectivity index is 2.55. The Kier molecular flexibility index (Phi) is 3.28. The first-order chi connectivity index (χ1) is 8.89. The van der Waals surface area contributed by atoms with Crippen LogP contribution in [0.3, 0.4) is 0 Å². The number of alkyl halides is 3. The van der Waals surface area contributed by atoms with Crippen molar-refractivity contribution in [1.29, 1.82) is 0 Å². The number of halogens is 3. The van der Waals surface area contributed by atoms with Gasteiger partial charge >= 0.3 is 6.18 Å². The van der Waals surface area contributed by atoms with Crippen molar-refractivity contribution in [2.45, 2.75) is 11.8 Å². The number of aliphatic hydroxyl groups is 1. The van der Waals surface area contributed by atoms with E-state index >= 15 is 0 Å². The van der Waals surface area contributed by atoms with Crippen molar-refractivity contribution >= 4 is 0 Å². The van der Waals surface area contributed by atoms with Crippen LogP contribution in [0.25, 0.3) is 0 Å². The molecule has 0 spiro atoms. The fraction of sp³-hybridized carbons (Fsp3) is 0.231. The van der Waals surface area contributed by atoms with Gasteiger partial charge in [-0.2, -0.15) is 13.2 Å². The van der Waals surface area contributed by atoms with Gasteiger partial charge in [0.05, 0.1) is 19.6 Å². The number of ether oxygens (including phenoxy) is 1. The zero-order chi connectivity index (χ0) is 14.1. The molecule has 2 aromatic rings. The molecule has 0 saturated heterocycles. The Hall–Kier alpha value is -1.95. The molecule has 1 aromatic carbocycles. The van der Waals surface area contributed by atoms with Gasteiger partial charge in [-0.25, -0.2) is 0 Å². The Bertz CT molecular complexity index is 531. The van der Waals surface area contributed by atoms with E-state index in [1.807, 2.05) is 0 Å². The van der Waals surface area contributed by atoms with Crippen LogP contribution in [0.5, 0.6) is 5.75 Å². The fourth-order valence-electron chi connectivity index (χ4n) is 1.80. The summed E-state index contributed by atoms with van der Waals surface area (Å²) in [6.07, 6.45) is -2.92. The molecule has 102 valence electrons. The first-order valence-corrected chi connectivity index (χ1v) is 5.36. The van der Waals surface area contributed by atoms with Crippen LogP contribution >= 0.6 is 0 Å². The highest BCUT2D eigenvalue weighted by Gasteiger charge is 2.56. The summed E-state index contributed by atoms with van der Waals surface area (Å²) in [5, 5.41) is 10.1. The molecule has 19 heavy (non-hydrogen) atoms. The summed E-state index contributed by atoms with van der Waals surface area (Å²) in [6.45, 7) is 0. The maximum Gasteiger partial charge on any atom is 0.425 e. The second-order valence-electron chi connectivity index (χ2n) is 3.95. The summed E-state index contributed by atoms with van der Waals surface area (Å²) in [4.78, 5) is 0. The predicted octanol–water partition coefficient (Wildman–Crippen LogP) is 3.09. The Morgan fingerprint density at radius 3 is 2.11 bits per heavy atom. The summed E-state index contributed by atoms with van der Waals surface area (Å²) in [6, 6.07) is 6.12. The summed E-state index contributed by atoms with van der Waals surface area (Å²) in [5.41, 5.74) is -3.78. The van der Waals surface area contributed by atoms with Gasteiger partial charge in [0.25, 0.3) is 0 Å². The molecule has 0 saturated carbocycles. The smallest absolute Gasteiger partial charge is 0.425 e. The third-order valence-corrected chi connectivity index (χ3v) is 2.86. The third-order valence-electron chi connectivity index (χ3n) is 2.86. The van der Waals surface area contributed by atoms with Crippen LogP contribution in [-0.2, 0) is 5.60 Å². The molecule has 0 fully saturated rings. The summed E-state index contributed by atoms with van der Waals surface area (Å²) >= 11 is 0. The number of methoxy groups -OCH3 is 1. The molecule has 0 amide bonds. The average molecular weight is 272 g/mol. The monoisotopic (exact) mass is 272 g/mol. The second-order valence-corrected chi connectivity index (χ2v) is 3.95. The molecular weight excluding hydrogens is 261 g/mol. The molecule has 0 radical (unpaired) electrons. The van der Waals surface area contributed by atoms with Crippen molar-refractivity contribution in [1.82, 2.24) is 0 Å². The molecule has 0 aliphatic carbocycles. The predicted molar refractivity (Wildman–Crippen MR) is 60.8 cm³/mol. The molecule has 1 N–H and O–H groups in total. The van der Waals surface area contributed by atoms with Crippen LogP contribution in [0, 0.1) is 0 Å². The van der Waals surface area contributed by atoms with Gasteiger partial charge in [0.2, 0.25) is 5.60 Å². The van der Waals surface area contributed by atoms with Crippen molar-refractivity contribution in [2.24, 2.45) is 0 Å². The van der Waals surface area contributed by atoms with Gasteiger partial charge < -0.3 is 14.3 Å². The molecular formula is C13H11F3O3. The van der Waals surface area contributed by atoms with E-state index in [9.17, 15) is 18.3 Å². The highest BCUT2D eigenvalue weighted by Crippen LogP contribution is 2.44. The van der Waals surface area contributed by atoms with E-state index in [0.29, 0.717) is 5.75 Å². The molecule has 0 aliphatic rings. The maximum absolute atomic E-state index is 13.2. The quantitative estimate of drug-likeness (QED) is 0.933. The van der Waals surface area contributed by atoms with Crippen LogP contribution in [-0.4, -0.2) is 18.4 Å². The van der Waals surface area contributed by atoms with Gasteiger partial charge in [-0.3, -0.25) is 0 Å². The number of benzene rings is 1. The largest absolute Gasteiger partial charge is 0.497 e. The number of rotatable bonds is 3. The zero-order valence-electron chi connectivity index (χ0n) is 9.94. The van der Waals surface area contributed by atoms with Crippen molar-refractivity contribution < 1.29 is 27.4 Å².